The van der Waals surface area contributed by atoms with Crippen LogP contribution in [0, 0.1) is 5.92 Å². The molecule has 0 aromatic rings. The summed E-state index contributed by atoms with van der Waals surface area (Å²) in [5.41, 5.74) is -1.47. The van der Waals surface area contributed by atoms with Gasteiger partial charge < -0.3 is 9.84 Å². The minimum Gasteiger partial charge on any atom is -0.480 e. The van der Waals surface area contributed by atoms with E-state index in [0.29, 0.717) is 12.8 Å². The lowest BCUT2D eigenvalue weighted by Gasteiger charge is -2.39. The number of hydrogen-bond acceptors (Lipinski definition) is 5. The van der Waals surface area contributed by atoms with Gasteiger partial charge in [-0.2, -0.15) is 4.72 Å². The molecule has 0 aromatic carbocycles. The first kappa shape index (κ1) is 17.9. The molecule has 1 aliphatic rings. The fraction of sp³-hybridized carbons (Fsp3) is 0.846. The van der Waals surface area contributed by atoms with Crippen molar-refractivity contribution in [1.82, 2.24) is 4.72 Å². The molecule has 0 bridgehead atoms. The summed E-state index contributed by atoms with van der Waals surface area (Å²) in [7, 11) is -3.86. The van der Waals surface area contributed by atoms with E-state index < -0.39 is 33.3 Å². The smallest absolute Gasteiger partial charge is 0.325 e. The lowest BCUT2D eigenvalue weighted by molar-refractivity contribution is -0.147. The molecule has 2 unspecified atom stereocenters. The van der Waals surface area contributed by atoms with Crippen LogP contribution in [0.5, 0.6) is 0 Å². The zero-order chi connectivity index (χ0) is 16.1. The summed E-state index contributed by atoms with van der Waals surface area (Å²) in [6, 6.07) is 0. The minimum atomic E-state index is -3.86. The van der Waals surface area contributed by atoms with E-state index in [4.69, 9.17) is 0 Å². The van der Waals surface area contributed by atoms with Crippen molar-refractivity contribution in [2.75, 3.05) is 12.4 Å². The molecule has 7 nitrogen and oxygen atoms in total. The molecule has 2 atom stereocenters. The molecule has 1 rings (SSSR count). The first-order valence-electron chi connectivity index (χ1n) is 7.14. The Kier molecular flexibility index (Phi) is 6.15. The van der Waals surface area contributed by atoms with Crippen LogP contribution in [0.4, 0.5) is 0 Å². The number of nitrogens with one attached hydrogen (secondary N) is 1. The third-order valence-electron chi connectivity index (χ3n) is 3.90. The predicted molar refractivity (Wildman–Crippen MR) is 76.2 cm³/mol. The van der Waals surface area contributed by atoms with Crippen molar-refractivity contribution in [3.8, 4) is 0 Å². The number of sulfonamides is 1. The zero-order valence-electron chi connectivity index (χ0n) is 12.4. The van der Waals surface area contributed by atoms with Crippen molar-refractivity contribution < 1.29 is 27.9 Å². The molecule has 0 radical (unpaired) electrons. The number of rotatable bonds is 7. The number of carboxylic acid groups (broad SMARTS) is 1. The Bertz CT molecular complexity index is 489. The van der Waals surface area contributed by atoms with Gasteiger partial charge in [-0.1, -0.05) is 19.8 Å². The van der Waals surface area contributed by atoms with Gasteiger partial charge in [-0.15, -0.1) is 0 Å². The van der Waals surface area contributed by atoms with E-state index in [1.807, 2.05) is 0 Å². The van der Waals surface area contributed by atoms with Gasteiger partial charge in [0.1, 0.15) is 5.54 Å². The van der Waals surface area contributed by atoms with Gasteiger partial charge >= 0.3 is 11.9 Å². The van der Waals surface area contributed by atoms with Crippen LogP contribution in [0.1, 0.15) is 46.0 Å². The second kappa shape index (κ2) is 7.22. The molecule has 0 saturated heterocycles. The predicted octanol–water partition coefficient (Wildman–Crippen LogP) is 0.892. The van der Waals surface area contributed by atoms with Gasteiger partial charge in [0, 0.05) is 0 Å². The van der Waals surface area contributed by atoms with E-state index in [-0.39, 0.29) is 25.4 Å². The number of hydrogen-bond donors (Lipinski definition) is 2. The standard InChI is InChI=1S/C13H23NO6S/c1-3-20-11(15)7-9-21(18,19)14-13(12(16)17)8-5-4-6-10(13)2/h10,14H,3-9H2,1-2H3,(H,16,17). The Morgan fingerprint density at radius 3 is 2.57 bits per heavy atom. The van der Waals surface area contributed by atoms with Crippen molar-refractivity contribution >= 4 is 22.0 Å². The van der Waals surface area contributed by atoms with Crippen molar-refractivity contribution in [3.05, 3.63) is 0 Å². The Hall–Kier alpha value is -1.15. The number of ether oxygens (including phenoxy) is 1. The van der Waals surface area contributed by atoms with E-state index in [9.17, 15) is 23.1 Å². The van der Waals surface area contributed by atoms with E-state index in [1.165, 1.54) is 0 Å². The highest BCUT2D eigenvalue weighted by Crippen LogP contribution is 2.34. The quantitative estimate of drug-likeness (QED) is 0.674. The number of carboxylic acids is 1. The van der Waals surface area contributed by atoms with Crippen LogP contribution in [-0.2, 0) is 24.3 Å². The molecule has 1 saturated carbocycles. The van der Waals surface area contributed by atoms with Gasteiger partial charge in [0.2, 0.25) is 10.0 Å². The Morgan fingerprint density at radius 1 is 1.38 bits per heavy atom. The number of aliphatic carboxylic acids is 1. The molecule has 1 fully saturated rings. The van der Waals surface area contributed by atoms with Crippen molar-refractivity contribution in [2.24, 2.45) is 5.92 Å². The summed E-state index contributed by atoms with van der Waals surface area (Å²) in [5, 5.41) is 9.47. The van der Waals surface area contributed by atoms with Crippen molar-refractivity contribution in [1.29, 1.82) is 0 Å². The Morgan fingerprint density at radius 2 is 2.05 bits per heavy atom. The first-order valence-corrected chi connectivity index (χ1v) is 8.79. The van der Waals surface area contributed by atoms with E-state index >= 15 is 0 Å². The summed E-state index contributed by atoms with van der Waals surface area (Å²) < 4.78 is 31.2. The summed E-state index contributed by atoms with van der Waals surface area (Å²) in [6.45, 7) is 3.55. The molecule has 8 heteroatoms. The monoisotopic (exact) mass is 321 g/mol. The van der Waals surface area contributed by atoms with E-state index in [2.05, 4.69) is 9.46 Å². The van der Waals surface area contributed by atoms with Crippen LogP contribution in [0.3, 0.4) is 0 Å². The van der Waals surface area contributed by atoms with Gasteiger partial charge in [0.05, 0.1) is 18.8 Å². The van der Waals surface area contributed by atoms with E-state index in [1.54, 1.807) is 13.8 Å². The normalized spacial score (nSPS) is 26.3. The molecule has 0 aromatic heterocycles. The topological polar surface area (TPSA) is 110 Å². The second-order valence-corrected chi connectivity index (χ2v) is 7.24. The first-order chi connectivity index (χ1) is 9.73. The van der Waals surface area contributed by atoms with Crippen molar-refractivity contribution in [3.63, 3.8) is 0 Å². The highest BCUT2D eigenvalue weighted by Gasteiger charge is 2.47. The maximum atomic E-state index is 12.1. The zero-order valence-corrected chi connectivity index (χ0v) is 13.2. The average Bonchev–Trinajstić information content (AvgIpc) is 2.39. The number of esters is 1. The van der Waals surface area contributed by atoms with Gasteiger partial charge in [-0.3, -0.25) is 9.59 Å². The molecule has 2 N–H and O–H groups in total. The van der Waals surface area contributed by atoms with E-state index in [0.717, 1.165) is 6.42 Å². The molecule has 0 aliphatic heterocycles. The van der Waals surface area contributed by atoms with Gasteiger partial charge in [0.15, 0.2) is 0 Å². The molecule has 122 valence electrons. The van der Waals surface area contributed by atoms with Crippen LogP contribution in [0.2, 0.25) is 0 Å². The summed E-state index contributed by atoms with van der Waals surface area (Å²) in [6.07, 6.45) is 2.19. The largest absolute Gasteiger partial charge is 0.480 e. The summed E-state index contributed by atoms with van der Waals surface area (Å²) in [4.78, 5) is 22.8. The summed E-state index contributed by atoms with van der Waals surface area (Å²) in [5.74, 6) is -2.52. The molecule has 0 heterocycles. The maximum absolute atomic E-state index is 12.1. The van der Waals surface area contributed by atoms with Crippen LogP contribution in [0.15, 0.2) is 0 Å². The van der Waals surface area contributed by atoms with Crippen molar-refractivity contribution in [2.45, 2.75) is 51.5 Å². The molecule has 0 amide bonds. The lowest BCUT2D eigenvalue weighted by Crippen LogP contribution is -2.60. The number of carbonyl (C=O) groups is 2. The van der Waals surface area contributed by atoms with Crippen LogP contribution in [-0.4, -0.2) is 43.4 Å². The fourth-order valence-electron chi connectivity index (χ4n) is 2.64. The Labute approximate surface area is 125 Å². The number of carbonyl (C=O) groups excluding carboxylic acids is 1. The van der Waals surface area contributed by atoms with Gasteiger partial charge in [0.25, 0.3) is 0 Å². The average molecular weight is 321 g/mol. The maximum Gasteiger partial charge on any atom is 0.325 e. The molecule has 21 heavy (non-hydrogen) atoms. The molecule has 1 aliphatic carbocycles. The van der Waals surface area contributed by atoms with Gasteiger partial charge in [-0.05, 0) is 25.7 Å². The molecular weight excluding hydrogens is 298 g/mol. The minimum absolute atomic E-state index is 0.183. The molecular formula is C13H23NO6S. The highest BCUT2D eigenvalue weighted by molar-refractivity contribution is 7.89. The second-order valence-electron chi connectivity index (χ2n) is 5.40. The third-order valence-corrected chi connectivity index (χ3v) is 5.32. The van der Waals surface area contributed by atoms with Crippen LogP contribution >= 0.6 is 0 Å². The SMILES string of the molecule is CCOC(=O)CCS(=O)(=O)NC1(C(=O)O)CCCCC1C. The fourth-order valence-corrected chi connectivity index (χ4v) is 4.12. The lowest BCUT2D eigenvalue weighted by atomic mass is 9.74. The van der Waals surface area contributed by atoms with Crippen LogP contribution in [0.25, 0.3) is 0 Å². The van der Waals surface area contributed by atoms with Crippen LogP contribution < -0.4 is 4.72 Å². The van der Waals surface area contributed by atoms with Gasteiger partial charge in [-0.25, -0.2) is 8.42 Å². The third kappa shape index (κ3) is 4.67. The highest BCUT2D eigenvalue weighted by atomic mass is 32.2. The molecule has 0 spiro atoms. The Balaban J connectivity index is 2.78. The summed E-state index contributed by atoms with van der Waals surface area (Å²) >= 11 is 0.